The molecule has 25 heavy (non-hydrogen) atoms. The minimum Gasteiger partial charge on any atom is -0.472 e. The van der Waals surface area contributed by atoms with Crippen LogP contribution >= 0.6 is 15.9 Å². The van der Waals surface area contributed by atoms with Crippen LogP contribution in [0.15, 0.2) is 57.8 Å². The summed E-state index contributed by atoms with van der Waals surface area (Å²) in [6, 6.07) is 12.8. The van der Waals surface area contributed by atoms with Gasteiger partial charge in [-0.1, -0.05) is 36.4 Å². The molecule has 0 radical (unpaired) electrons. The van der Waals surface area contributed by atoms with E-state index in [-0.39, 0.29) is 22.8 Å². The standard InChI is InChI=1S/C18H13BrF2N2O2/c1-11-22-17(25-10-12-6-3-2-4-7-12)15(19)18(24)23(11)16-13(20)8-5-9-14(16)21/h2-9H,10H2,1H3. The maximum Gasteiger partial charge on any atom is 0.276 e. The Labute approximate surface area is 150 Å². The number of rotatable bonds is 4. The smallest absolute Gasteiger partial charge is 0.276 e. The van der Waals surface area contributed by atoms with Crippen molar-refractivity contribution in [3.63, 3.8) is 0 Å². The van der Waals surface area contributed by atoms with Crippen LogP contribution in [0.1, 0.15) is 11.4 Å². The minimum atomic E-state index is -0.850. The van der Waals surface area contributed by atoms with Crippen LogP contribution in [0.4, 0.5) is 8.78 Å². The van der Waals surface area contributed by atoms with E-state index in [1.807, 2.05) is 30.3 Å². The van der Waals surface area contributed by atoms with Gasteiger partial charge < -0.3 is 4.74 Å². The summed E-state index contributed by atoms with van der Waals surface area (Å²) in [7, 11) is 0. The first-order valence-corrected chi connectivity index (χ1v) is 8.18. The molecule has 0 bridgehead atoms. The molecule has 3 aromatic rings. The van der Waals surface area contributed by atoms with Crippen LogP contribution in [0, 0.1) is 18.6 Å². The second-order valence-corrected chi connectivity index (χ2v) is 6.06. The Morgan fingerprint density at radius 1 is 1.08 bits per heavy atom. The van der Waals surface area contributed by atoms with Crippen molar-refractivity contribution in [3.05, 3.63) is 86.4 Å². The van der Waals surface area contributed by atoms with Gasteiger partial charge in [0.15, 0.2) is 0 Å². The highest BCUT2D eigenvalue weighted by molar-refractivity contribution is 9.10. The highest BCUT2D eigenvalue weighted by atomic mass is 79.9. The van der Waals surface area contributed by atoms with E-state index in [1.54, 1.807) is 0 Å². The highest BCUT2D eigenvalue weighted by Crippen LogP contribution is 2.23. The molecule has 0 atom stereocenters. The summed E-state index contributed by atoms with van der Waals surface area (Å²) in [6.45, 7) is 1.69. The third kappa shape index (κ3) is 3.46. The van der Waals surface area contributed by atoms with Gasteiger partial charge in [-0.3, -0.25) is 9.36 Å². The largest absolute Gasteiger partial charge is 0.472 e. The van der Waals surface area contributed by atoms with Gasteiger partial charge in [-0.2, -0.15) is 4.98 Å². The van der Waals surface area contributed by atoms with Crippen LogP contribution in [0.5, 0.6) is 5.88 Å². The highest BCUT2D eigenvalue weighted by Gasteiger charge is 2.20. The van der Waals surface area contributed by atoms with Crippen LogP contribution in [-0.4, -0.2) is 9.55 Å². The predicted octanol–water partition coefficient (Wildman–Crippen LogP) is 4.16. The van der Waals surface area contributed by atoms with Crippen molar-refractivity contribution in [2.75, 3.05) is 0 Å². The topological polar surface area (TPSA) is 44.1 Å². The van der Waals surface area contributed by atoms with Gasteiger partial charge in [0.2, 0.25) is 5.88 Å². The van der Waals surface area contributed by atoms with Gasteiger partial charge in [0.05, 0.1) is 0 Å². The van der Waals surface area contributed by atoms with E-state index < -0.39 is 22.9 Å². The zero-order valence-corrected chi connectivity index (χ0v) is 14.8. The van der Waals surface area contributed by atoms with E-state index >= 15 is 0 Å². The molecule has 128 valence electrons. The van der Waals surface area contributed by atoms with Gasteiger partial charge in [-0.15, -0.1) is 0 Å². The zero-order chi connectivity index (χ0) is 18.0. The second kappa shape index (κ2) is 7.14. The average molecular weight is 407 g/mol. The first-order chi connectivity index (χ1) is 12.0. The second-order valence-electron chi connectivity index (χ2n) is 5.26. The van der Waals surface area contributed by atoms with E-state index in [4.69, 9.17) is 4.74 Å². The third-order valence-electron chi connectivity index (χ3n) is 3.55. The third-order valence-corrected chi connectivity index (χ3v) is 4.22. The lowest BCUT2D eigenvalue weighted by molar-refractivity contribution is 0.289. The quantitative estimate of drug-likeness (QED) is 0.653. The van der Waals surface area contributed by atoms with E-state index in [2.05, 4.69) is 20.9 Å². The maximum absolute atomic E-state index is 14.0. The fourth-order valence-electron chi connectivity index (χ4n) is 2.37. The first kappa shape index (κ1) is 17.3. The molecule has 1 aromatic heterocycles. The van der Waals surface area contributed by atoms with E-state index in [0.717, 1.165) is 22.3 Å². The number of halogens is 3. The Balaban J connectivity index is 2.02. The van der Waals surface area contributed by atoms with Gasteiger partial charge in [0.1, 0.15) is 34.2 Å². The summed E-state index contributed by atoms with van der Waals surface area (Å²) in [5, 5.41) is 0. The summed E-state index contributed by atoms with van der Waals surface area (Å²) in [5.74, 6) is -1.52. The number of aryl methyl sites for hydroxylation is 1. The molecule has 0 saturated heterocycles. The van der Waals surface area contributed by atoms with Gasteiger partial charge in [0, 0.05) is 0 Å². The predicted molar refractivity (Wildman–Crippen MR) is 93.0 cm³/mol. The van der Waals surface area contributed by atoms with Gasteiger partial charge in [-0.05, 0) is 40.5 Å². The molecule has 0 spiro atoms. The fraction of sp³-hybridized carbons (Fsp3) is 0.111. The molecular weight excluding hydrogens is 394 g/mol. The van der Waals surface area contributed by atoms with E-state index in [1.165, 1.54) is 13.0 Å². The summed E-state index contributed by atoms with van der Waals surface area (Å²) >= 11 is 3.12. The molecule has 0 aliphatic rings. The van der Waals surface area contributed by atoms with Crippen molar-refractivity contribution >= 4 is 15.9 Å². The van der Waals surface area contributed by atoms with Crippen molar-refractivity contribution in [2.45, 2.75) is 13.5 Å². The first-order valence-electron chi connectivity index (χ1n) is 7.39. The SMILES string of the molecule is Cc1nc(OCc2ccccc2)c(Br)c(=O)n1-c1c(F)cccc1F. The number of para-hydroxylation sites is 1. The Morgan fingerprint density at radius 3 is 2.36 bits per heavy atom. The molecule has 0 amide bonds. The molecule has 3 rings (SSSR count). The Morgan fingerprint density at radius 2 is 1.72 bits per heavy atom. The van der Waals surface area contributed by atoms with Gasteiger partial charge in [0.25, 0.3) is 5.56 Å². The molecule has 0 aliphatic heterocycles. The minimum absolute atomic E-state index is 0.00307. The summed E-state index contributed by atoms with van der Waals surface area (Å²) in [6.07, 6.45) is 0. The fourth-order valence-corrected chi connectivity index (χ4v) is 2.75. The van der Waals surface area contributed by atoms with Gasteiger partial charge in [-0.25, -0.2) is 8.78 Å². The summed E-state index contributed by atoms with van der Waals surface area (Å²) in [5.41, 5.74) is -0.217. The number of hydrogen-bond donors (Lipinski definition) is 0. The van der Waals surface area contributed by atoms with Crippen molar-refractivity contribution in [2.24, 2.45) is 0 Å². The molecule has 0 unspecified atom stereocenters. The summed E-state index contributed by atoms with van der Waals surface area (Å²) in [4.78, 5) is 16.8. The van der Waals surface area contributed by atoms with Crippen molar-refractivity contribution in [3.8, 4) is 11.6 Å². The molecule has 4 nitrogen and oxygen atoms in total. The molecule has 0 saturated carbocycles. The van der Waals surface area contributed by atoms with Crippen LogP contribution in [-0.2, 0) is 6.61 Å². The molecular formula is C18H13BrF2N2O2. The molecule has 0 N–H and O–H groups in total. The van der Waals surface area contributed by atoms with Crippen molar-refractivity contribution < 1.29 is 13.5 Å². The van der Waals surface area contributed by atoms with Crippen LogP contribution < -0.4 is 10.3 Å². The molecule has 1 heterocycles. The molecule has 7 heteroatoms. The number of nitrogens with zero attached hydrogens (tertiary/aromatic N) is 2. The van der Waals surface area contributed by atoms with E-state index in [0.29, 0.717) is 0 Å². The number of hydrogen-bond acceptors (Lipinski definition) is 3. The van der Waals surface area contributed by atoms with Crippen LogP contribution in [0.2, 0.25) is 0 Å². The lowest BCUT2D eigenvalue weighted by Crippen LogP contribution is -2.25. The molecule has 2 aromatic carbocycles. The zero-order valence-electron chi connectivity index (χ0n) is 13.2. The van der Waals surface area contributed by atoms with E-state index in [9.17, 15) is 13.6 Å². The number of ether oxygens (including phenoxy) is 1. The summed E-state index contributed by atoms with van der Waals surface area (Å²) < 4.78 is 34.5. The lowest BCUT2D eigenvalue weighted by atomic mass is 10.2. The van der Waals surface area contributed by atoms with Crippen LogP contribution in [0.25, 0.3) is 5.69 Å². The average Bonchev–Trinajstić information content (AvgIpc) is 2.60. The molecule has 0 aliphatic carbocycles. The van der Waals surface area contributed by atoms with Gasteiger partial charge >= 0.3 is 0 Å². The number of benzene rings is 2. The van der Waals surface area contributed by atoms with Crippen molar-refractivity contribution in [1.82, 2.24) is 9.55 Å². The van der Waals surface area contributed by atoms with Crippen molar-refractivity contribution in [1.29, 1.82) is 0 Å². The van der Waals surface area contributed by atoms with Crippen LogP contribution in [0.3, 0.4) is 0 Å². The Bertz CT molecular complexity index is 955. The molecule has 0 fully saturated rings. The normalized spacial score (nSPS) is 10.7. The number of aromatic nitrogens is 2. The maximum atomic E-state index is 14.0. The lowest BCUT2D eigenvalue weighted by Gasteiger charge is -2.14. The Kier molecular flexibility index (Phi) is 4.94. The Hall–Kier alpha value is -2.54. The monoisotopic (exact) mass is 406 g/mol.